The number of hydrogen-bond donors (Lipinski definition) is 0. The highest BCUT2D eigenvalue weighted by atomic mass is 32.2. The second-order valence-electron chi connectivity index (χ2n) is 4.21. The van der Waals surface area contributed by atoms with Gasteiger partial charge in [-0.05, 0) is 35.9 Å². The molecule has 5 heteroatoms. The number of carbonyl (C=O) groups is 2. The van der Waals surface area contributed by atoms with Crippen LogP contribution in [0.5, 0.6) is 0 Å². The smallest absolute Gasteiger partial charge is 0.160 e. The van der Waals surface area contributed by atoms with E-state index in [-0.39, 0.29) is 0 Å². The van der Waals surface area contributed by atoms with Crippen LogP contribution in [0, 0.1) is 0 Å². The van der Waals surface area contributed by atoms with Gasteiger partial charge in [0.2, 0.25) is 0 Å². The topological polar surface area (TPSA) is 51.2 Å². The fraction of sp³-hybridized carbons (Fsp3) is 0.316. The summed E-state index contributed by atoms with van der Waals surface area (Å²) in [5.41, 5.74) is 0. The van der Waals surface area contributed by atoms with E-state index < -0.39 is 9.52 Å². The Morgan fingerprint density at radius 1 is 1.00 bits per heavy atom. The van der Waals surface area contributed by atoms with E-state index in [1.165, 1.54) is 11.3 Å². The van der Waals surface area contributed by atoms with Gasteiger partial charge in [0.15, 0.2) is 6.29 Å². The predicted molar refractivity (Wildman–Crippen MR) is 105 cm³/mol. The average Bonchev–Trinajstić information content (AvgIpc) is 3.44. The van der Waals surface area contributed by atoms with Gasteiger partial charge in [0.1, 0.15) is 6.79 Å². The Balaban J connectivity index is 0.000000798. The van der Waals surface area contributed by atoms with Gasteiger partial charge in [-0.3, -0.25) is 9.00 Å². The third-order valence-electron chi connectivity index (χ3n) is 2.98. The van der Waals surface area contributed by atoms with Gasteiger partial charge in [-0.1, -0.05) is 45.9 Å². The van der Waals surface area contributed by atoms with Crippen molar-refractivity contribution in [3.05, 3.63) is 46.7 Å². The summed E-state index contributed by atoms with van der Waals surface area (Å²) in [6.45, 7) is 10.0. The van der Waals surface area contributed by atoms with E-state index in [0.717, 1.165) is 33.8 Å². The Labute approximate surface area is 149 Å². The van der Waals surface area contributed by atoms with E-state index in [4.69, 9.17) is 4.79 Å². The first-order valence-electron chi connectivity index (χ1n) is 8.02. The second kappa shape index (κ2) is 11.8. The van der Waals surface area contributed by atoms with Gasteiger partial charge in [0.25, 0.3) is 0 Å². The van der Waals surface area contributed by atoms with E-state index in [1.54, 1.807) is 6.07 Å². The molecule has 1 aromatic heterocycles. The van der Waals surface area contributed by atoms with Crippen molar-refractivity contribution >= 4 is 38.8 Å². The van der Waals surface area contributed by atoms with Crippen molar-refractivity contribution < 1.29 is 13.8 Å². The molecule has 1 aliphatic rings. The molecule has 2 aromatic rings. The monoisotopic (exact) mass is 366 g/mol. The normalized spacial score (nSPS) is 13.6. The number of carbonyl (C=O) groups excluding carboxylic acids is 2. The molecule has 0 radical (unpaired) electrons. The second-order valence-corrected chi connectivity index (χ2v) is 7.79. The molecule has 1 saturated carbocycles. The third kappa shape index (κ3) is 5.14. The number of aldehydes is 1. The minimum absolute atomic E-state index is 0.634. The van der Waals surface area contributed by atoms with Gasteiger partial charge in [0, 0.05) is 24.7 Å². The van der Waals surface area contributed by atoms with Crippen molar-refractivity contribution in [2.75, 3.05) is 0 Å². The number of rotatable bonds is 3. The summed E-state index contributed by atoms with van der Waals surface area (Å²) in [7, 11) is -2.27. The van der Waals surface area contributed by atoms with Crippen LogP contribution in [0.2, 0.25) is 0 Å². The molecule has 1 fully saturated rings. The van der Waals surface area contributed by atoms with Crippen LogP contribution in [-0.2, 0) is 14.3 Å². The number of thiophene rings is 1. The Kier molecular flexibility index (Phi) is 10.9. The van der Waals surface area contributed by atoms with Crippen LogP contribution in [0.1, 0.15) is 50.2 Å². The Bertz CT molecular complexity index is 718. The minimum atomic E-state index is -2.27. The first-order valence-corrected chi connectivity index (χ1v) is 10.5. The van der Waals surface area contributed by atoms with E-state index in [0.29, 0.717) is 4.88 Å². The largest absolute Gasteiger partial charge is 0.307 e. The lowest BCUT2D eigenvalue weighted by Gasteiger charge is -2.09. The van der Waals surface area contributed by atoms with E-state index in [1.807, 2.05) is 70.2 Å². The molecule has 0 amide bonds. The summed E-state index contributed by atoms with van der Waals surface area (Å²) in [6.07, 6.45) is 2.68. The number of benzene rings is 1. The van der Waals surface area contributed by atoms with Gasteiger partial charge in [0.05, 0.1) is 4.88 Å². The first kappa shape index (κ1) is 22.3. The fourth-order valence-electron chi connectivity index (χ4n) is 1.97. The van der Waals surface area contributed by atoms with Crippen LogP contribution in [-0.4, -0.2) is 22.1 Å². The van der Waals surface area contributed by atoms with Crippen LogP contribution in [0.3, 0.4) is 0 Å². The van der Waals surface area contributed by atoms with Crippen LogP contribution in [0.15, 0.2) is 51.6 Å². The van der Waals surface area contributed by atoms with Gasteiger partial charge < -0.3 is 4.79 Å². The molecule has 1 aromatic carbocycles. The van der Waals surface area contributed by atoms with Crippen molar-refractivity contribution in [2.45, 2.75) is 50.3 Å². The molecule has 24 heavy (non-hydrogen) atoms. The molecule has 0 N–H and O–H groups in total. The summed E-state index contributed by atoms with van der Waals surface area (Å²) in [5.74, 6) is 0. The van der Waals surface area contributed by atoms with Crippen molar-refractivity contribution in [1.82, 2.24) is 0 Å². The molecule has 0 aliphatic heterocycles. The van der Waals surface area contributed by atoms with Crippen molar-refractivity contribution in [2.24, 2.45) is 0 Å². The summed E-state index contributed by atoms with van der Waals surface area (Å²) in [5, 5.41) is 1.85. The van der Waals surface area contributed by atoms with Crippen LogP contribution < -0.4 is 0 Å². The molecule has 1 heterocycles. The maximum absolute atomic E-state index is 13.3. The van der Waals surface area contributed by atoms with Crippen molar-refractivity contribution in [1.29, 1.82) is 0 Å². The standard InChI is InChI=1S/C14H12O2S2.2C2H6.CH2O/c15-9-11-8-14(10-17-11)18(16,13-6-7-13)12-4-2-1-3-5-12;3*1-2/h1-5,8-10H,6-7H2;2*1-2H3;1H2. The van der Waals surface area contributed by atoms with E-state index in [2.05, 4.69) is 0 Å². The quantitative estimate of drug-likeness (QED) is 0.561. The van der Waals surface area contributed by atoms with Crippen LogP contribution in [0.4, 0.5) is 0 Å². The highest BCUT2D eigenvalue weighted by Gasteiger charge is 2.28. The molecule has 1 aliphatic carbocycles. The third-order valence-corrected chi connectivity index (χ3v) is 7.04. The highest BCUT2D eigenvalue weighted by molar-refractivity contribution is 8.03. The summed E-state index contributed by atoms with van der Waals surface area (Å²) < 4.78 is 13.3. The Morgan fingerprint density at radius 2 is 1.54 bits per heavy atom. The molecule has 3 nitrogen and oxygen atoms in total. The summed E-state index contributed by atoms with van der Waals surface area (Å²) in [4.78, 5) is 22.2. The van der Waals surface area contributed by atoms with E-state index in [9.17, 15) is 9.00 Å². The van der Waals surface area contributed by atoms with E-state index >= 15 is 0 Å². The Morgan fingerprint density at radius 3 is 1.96 bits per heavy atom. The number of hydrogen-bond acceptors (Lipinski definition) is 4. The molecule has 1 atom stereocenters. The molecule has 132 valence electrons. The molecular formula is C19H26O3S2. The fourth-order valence-corrected chi connectivity index (χ4v) is 5.75. The molecule has 0 bridgehead atoms. The van der Waals surface area contributed by atoms with Crippen LogP contribution in [0.25, 0.3) is 0 Å². The minimum Gasteiger partial charge on any atom is -0.307 e. The molecule has 0 spiro atoms. The first-order chi connectivity index (χ1) is 11.7. The zero-order valence-corrected chi connectivity index (χ0v) is 16.4. The van der Waals surface area contributed by atoms with Crippen LogP contribution >= 0.6 is 11.3 Å². The zero-order chi connectivity index (χ0) is 18.6. The maximum atomic E-state index is 13.3. The lowest BCUT2D eigenvalue weighted by molar-refractivity contribution is -0.0980. The molecule has 0 saturated heterocycles. The maximum Gasteiger partial charge on any atom is 0.160 e. The highest BCUT2D eigenvalue weighted by Crippen LogP contribution is 2.33. The van der Waals surface area contributed by atoms with Crippen molar-refractivity contribution in [3.63, 3.8) is 0 Å². The van der Waals surface area contributed by atoms with Gasteiger partial charge in [-0.15, -0.1) is 11.3 Å². The molecular weight excluding hydrogens is 340 g/mol. The lowest BCUT2D eigenvalue weighted by Crippen LogP contribution is -2.05. The zero-order valence-electron chi connectivity index (χ0n) is 14.8. The van der Waals surface area contributed by atoms with Gasteiger partial charge in [-0.25, -0.2) is 0 Å². The predicted octanol–water partition coefficient (Wildman–Crippen LogP) is 5.10. The molecule has 3 rings (SSSR count). The molecule has 1 unspecified atom stereocenters. The summed E-state index contributed by atoms with van der Waals surface area (Å²) in [6, 6.07) is 11.3. The van der Waals surface area contributed by atoms with Gasteiger partial charge >= 0.3 is 0 Å². The summed E-state index contributed by atoms with van der Waals surface area (Å²) >= 11 is 1.36. The lowest BCUT2D eigenvalue weighted by atomic mass is 10.4. The SMILES string of the molecule is C=O.CC.CC.O=Cc1cc(S(=O)(=C2CC2)c2ccccc2)cs1. The average molecular weight is 367 g/mol. The van der Waals surface area contributed by atoms with Gasteiger partial charge in [-0.2, -0.15) is 0 Å². The van der Waals surface area contributed by atoms with Crippen molar-refractivity contribution in [3.8, 4) is 0 Å². The Hall–Kier alpha value is -1.72.